The fraction of sp³-hybridized carbons (Fsp3) is 0.545. The van der Waals surface area contributed by atoms with Crippen LogP contribution in [0.2, 0.25) is 0 Å². The first-order valence-corrected chi connectivity index (χ1v) is 47.0. The number of nitrogens with two attached hydrogens (primary N) is 1. The minimum absolute atomic E-state index is 0.0453. The van der Waals surface area contributed by atoms with E-state index in [0.717, 1.165) is 0 Å². The number of aliphatic hydroxyl groups excluding tert-OH is 1. The van der Waals surface area contributed by atoms with Crippen LogP contribution >= 0.6 is 35.3 Å². The van der Waals surface area contributed by atoms with E-state index in [0.29, 0.717) is 56.0 Å². The largest absolute Gasteiger partial charge is 0.481 e. The molecule has 12 atom stereocenters. The molecule has 2 aromatic heterocycles. The summed E-state index contributed by atoms with van der Waals surface area (Å²) in [6.45, 7) is 7.63. The number of para-hydroxylation sites is 2. The summed E-state index contributed by atoms with van der Waals surface area (Å²) in [6, 6.07) is 6.23. The number of hydrogen-bond acceptors (Lipinski definition) is 27. The van der Waals surface area contributed by atoms with Gasteiger partial charge in [0.15, 0.2) is 5.78 Å². The van der Waals surface area contributed by atoms with Gasteiger partial charge in [-0.1, -0.05) is 89.2 Å². The maximum atomic E-state index is 15.5. The van der Waals surface area contributed by atoms with E-state index in [-0.39, 0.29) is 138 Å². The molecule has 0 unspecified atom stereocenters. The summed E-state index contributed by atoms with van der Waals surface area (Å²) in [5, 5.41) is 76.5. The Labute approximate surface area is 774 Å². The van der Waals surface area contributed by atoms with Crippen molar-refractivity contribution < 1.29 is 117 Å². The Hall–Kier alpha value is -11.6. The number of nitrogens with zero attached hydrogens (tertiary/aromatic N) is 5. The first-order chi connectivity index (χ1) is 62.8. The summed E-state index contributed by atoms with van der Waals surface area (Å²) in [5.74, 6) is -20.1. The van der Waals surface area contributed by atoms with Crippen LogP contribution in [-0.2, 0) is 121 Å². The molecule has 0 aliphatic carbocycles. The monoisotopic (exact) mass is 1890 g/mol. The van der Waals surface area contributed by atoms with Crippen molar-refractivity contribution in [2.45, 2.75) is 171 Å². The van der Waals surface area contributed by atoms with Crippen molar-refractivity contribution >= 4 is 164 Å². The molecule has 0 saturated carbocycles. The second-order valence-corrected chi connectivity index (χ2v) is 37.0. The van der Waals surface area contributed by atoms with E-state index in [9.17, 15) is 87.9 Å². The van der Waals surface area contributed by atoms with Gasteiger partial charge < -0.3 is 94.0 Å². The number of carboxylic acid groups (broad SMARTS) is 4. The van der Waals surface area contributed by atoms with Crippen LogP contribution in [0.5, 0.6) is 0 Å². The average molecular weight is 1900 g/mol. The number of primary amides is 1. The number of benzene rings is 3. The predicted octanol–water partition coefficient (Wildman–Crippen LogP) is -1.05. The van der Waals surface area contributed by atoms with E-state index >= 15 is 19.2 Å². The second kappa shape index (κ2) is 52.0. The van der Waals surface area contributed by atoms with Crippen LogP contribution in [-0.4, -0.2) is 336 Å². The Morgan fingerprint density at radius 3 is 1.42 bits per heavy atom. The van der Waals surface area contributed by atoms with Gasteiger partial charge in [0, 0.05) is 159 Å². The molecule has 2 saturated heterocycles. The Kier molecular flexibility index (Phi) is 41.6. The number of nitrogens with one attached hydrogen (secondary N) is 11. The molecule has 11 amide bonds. The third kappa shape index (κ3) is 32.7. The quantitative estimate of drug-likeness (QED) is 0.0417. The maximum Gasteiger partial charge on any atom is 0.373 e. The number of hydrogen-bond donors (Lipinski definition) is 17. The number of fused-ring (bicyclic) bond motifs is 8. The van der Waals surface area contributed by atoms with Crippen molar-refractivity contribution in [1.82, 2.24) is 82.3 Å². The minimum atomic E-state index is -1.91. The smallest absolute Gasteiger partial charge is 0.373 e. The predicted molar refractivity (Wildman–Crippen MR) is 485 cm³/mol. The van der Waals surface area contributed by atoms with Gasteiger partial charge in [0.1, 0.15) is 60.2 Å². The normalized spacial score (nSPS) is 24.1. The number of aliphatic carboxylic acids is 4. The Morgan fingerprint density at radius 2 is 0.939 bits per heavy atom. The van der Waals surface area contributed by atoms with Crippen LogP contribution in [0.1, 0.15) is 108 Å². The van der Waals surface area contributed by atoms with Gasteiger partial charge in [-0.3, -0.25) is 101 Å². The molecule has 41 nitrogen and oxygen atoms in total. The standard InChI is InChI=1S/C87H119N17O22S3.CO2/c1-7-54-33-69(107)77(50(6)105)99-80(119)57(30-58(106)38-100-19-21-101(39-72(111)112)23-25-103(41-74(115)116)26-24-102(22-20-100)40-73(113)114)45-127-42-51-27-52-29-53(28-51)44-129-47-67(96-79(54)118)84(123)93-64(32-56-36-90-62-16-11-9-14-60(56)62)83(122)97-75(48(2)3)86(125)94-65(34-71(109)110)81(120)91-37-70(108)92-63(31-55-35-89-61-15-10-8-13-59(55)61)82(121)98-76(49(4)5)87(126)104-18-12-17-68(104)85(124)95-66(78(88)117)46-128-43-52;2-1-3/h8-11,13-16,27-29,35-36,48-50,54,57,63-68,75-77,89-90,105H,7,12,17-26,30-34,37-47H2,1-6H3,(H2,88,117)(H,91,120)(H,92,108)(H,93,123)(H,94,125)(H,95,124)(H,96,118)(H,97,122)(H,98,121)(H,99,119)(H,109,110)(H,111,112)(H,113,114)(H,115,116);/t50-,54-,57+,63+,64+,65+,66+,67+,68+,75+,76+,77+;/m1./s1. The Bertz CT molecular complexity index is 4950. The maximum absolute atomic E-state index is 15.5. The van der Waals surface area contributed by atoms with Gasteiger partial charge in [-0.05, 0) is 78.0 Å². The van der Waals surface area contributed by atoms with Crippen LogP contribution in [0, 0.1) is 23.7 Å². The number of ketones is 2. The lowest BCUT2D eigenvalue weighted by Gasteiger charge is -2.33. The number of aromatic nitrogens is 2. The molecule has 5 aromatic rings. The number of carboxylic acids is 4. The van der Waals surface area contributed by atoms with Crippen LogP contribution in [0.25, 0.3) is 21.8 Å². The SMILES string of the molecule is CC[C@@H]1CC(=O)[C@H]([C@@H](C)O)NC(=O)[C@@H](CC(=O)CN2CCN(CC(=O)O)CCN(CC(=O)O)CCN(CC(=O)O)CC2)CSCc2cc3cc(c2)CSC[C@H](NC1=O)C(=O)N[C@@H](Cc1c[nH]c2ccccc12)C(=O)N[C@@H](C(C)C)C(=O)N[C@@H](CC(=O)O)C(=O)NCC(=O)N[C@@H](Cc1c[nH]c2ccccc12)C(=O)N[C@@H](C(C)C)C(=O)N1CCC[C@H]1C(=O)N[C@H](C(N)=O)CSC3.O=C=O. The molecule has 4 bridgehead atoms. The number of aromatic amines is 2. The molecule has 3 aromatic carbocycles. The number of H-pyrrole nitrogens is 2. The highest BCUT2D eigenvalue weighted by molar-refractivity contribution is 7.99. The number of thioether (sulfide) groups is 3. The topological polar surface area (TPSA) is 608 Å². The summed E-state index contributed by atoms with van der Waals surface area (Å²) in [6.07, 6.45) is -0.202. The van der Waals surface area contributed by atoms with Crippen molar-refractivity contribution in [3.05, 3.63) is 107 Å². The fourth-order valence-electron chi connectivity index (χ4n) is 16.0. The molecule has 718 valence electrons. The number of carbonyl (C=O) groups excluding carboxylic acids is 15. The molecule has 2 fully saturated rings. The van der Waals surface area contributed by atoms with Gasteiger partial charge in [-0.2, -0.15) is 44.9 Å². The van der Waals surface area contributed by atoms with Gasteiger partial charge in [0.25, 0.3) is 0 Å². The molecule has 6 heterocycles. The first-order valence-electron chi connectivity index (χ1n) is 43.5. The van der Waals surface area contributed by atoms with Gasteiger partial charge in [-0.25, -0.2) is 0 Å². The molecule has 44 heteroatoms. The zero-order chi connectivity index (χ0) is 96.6. The fourth-order valence-corrected chi connectivity index (χ4v) is 19.1. The van der Waals surface area contributed by atoms with E-state index < -0.39 is 223 Å². The minimum Gasteiger partial charge on any atom is -0.481 e. The van der Waals surface area contributed by atoms with Crippen LogP contribution in [0.15, 0.2) is 79.1 Å². The lowest BCUT2D eigenvalue weighted by molar-refractivity contribution is -0.192. The van der Waals surface area contributed by atoms with Gasteiger partial charge in [-0.15, -0.1) is 0 Å². The van der Waals surface area contributed by atoms with Crippen molar-refractivity contribution in [2.75, 3.05) is 109 Å². The summed E-state index contributed by atoms with van der Waals surface area (Å²) in [7, 11) is 0. The third-order valence-corrected chi connectivity index (χ3v) is 26.4. The highest BCUT2D eigenvalue weighted by atomic mass is 32.2. The summed E-state index contributed by atoms with van der Waals surface area (Å²) < 4.78 is 0. The Balaban J connectivity index is 0.00000706. The summed E-state index contributed by atoms with van der Waals surface area (Å²) in [4.78, 5) is 270. The third-order valence-electron chi connectivity index (χ3n) is 23.0. The van der Waals surface area contributed by atoms with E-state index in [4.69, 9.17) is 15.3 Å². The molecular weight excluding hydrogens is 1780 g/mol. The van der Waals surface area contributed by atoms with Crippen LogP contribution < -0.4 is 53.6 Å². The van der Waals surface area contributed by atoms with Gasteiger partial charge >= 0.3 is 30.0 Å². The first kappa shape index (κ1) is 106. The van der Waals surface area contributed by atoms with Crippen molar-refractivity contribution in [1.29, 1.82) is 0 Å². The molecule has 4 aliphatic rings. The van der Waals surface area contributed by atoms with E-state index in [1.807, 2.05) is 18.2 Å². The summed E-state index contributed by atoms with van der Waals surface area (Å²) in [5.41, 5.74) is 10.4. The molecule has 9 rings (SSSR count). The van der Waals surface area contributed by atoms with E-state index in [2.05, 4.69) is 57.8 Å². The molecule has 0 radical (unpaired) electrons. The molecule has 18 N–H and O–H groups in total. The highest BCUT2D eigenvalue weighted by Gasteiger charge is 2.43. The van der Waals surface area contributed by atoms with Crippen LogP contribution in [0.4, 0.5) is 0 Å². The highest BCUT2D eigenvalue weighted by Crippen LogP contribution is 2.29. The number of amides is 11. The van der Waals surface area contributed by atoms with Crippen molar-refractivity contribution in [2.24, 2.45) is 29.4 Å². The van der Waals surface area contributed by atoms with E-state index in [1.54, 1.807) is 115 Å². The van der Waals surface area contributed by atoms with Crippen LogP contribution in [0.3, 0.4) is 0 Å². The van der Waals surface area contributed by atoms with Gasteiger partial charge in [0.2, 0.25) is 65.0 Å². The molecule has 0 spiro atoms. The zero-order valence-corrected chi connectivity index (χ0v) is 76.9. The zero-order valence-electron chi connectivity index (χ0n) is 74.4. The Morgan fingerprint density at radius 1 is 0.485 bits per heavy atom. The number of rotatable bonds is 21. The van der Waals surface area contributed by atoms with Gasteiger partial charge in [0.05, 0.1) is 51.2 Å². The molecule has 4 aliphatic heterocycles. The molecular formula is C88H119N17O24S3. The second-order valence-electron chi connectivity index (χ2n) is 33.9. The lowest BCUT2D eigenvalue weighted by atomic mass is 9.92. The number of Topliss-reactive ketones (excluding diaryl/α,β-unsaturated/α-hetero) is 2. The average Bonchev–Trinajstić information content (AvgIpc) is 1.65. The molecule has 132 heavy (non-hydrogen) atoms. The van der Waals surface area contributed by atoms with Crippen molar-refractivity contribution in [3.63, 3.8) is 0 Å². The number of carbonyl (C=O) groups is 17. The van der Waals surface area contributed by atoms with Crippen molar-refractivity contribution in [3.8, 4) is 0 Å². The van der Waals surface area contributed by atoms with E-state index in [1.165, 1.54) is 47.1 Å². The lowest BCUT2D eigenvalue weighted by Crippen LogP contribution is -2.61. The number of aliphatic hydroxyl groups is 1. The summed E-state index contributed by atoms with van der Waals surface area (Å²) >= 11 is 3.64.